The van der Waals surface area contributed by atoms with Crippen LogP contribution in [-0.2, 0) is 9.59 Å². The van der Waals surface area contributed by atoms with Crippen molar-refractivity contribution >= 4 is 11.6 Å². The van der Waals surface area contributed by atoms with E-state index >= 15 is 0 Å². The number of carbonyl (C=O) groups excluding carboxylic acids is 2. The molecule has 0 aliphatic heterocycles. The zero-order chi connectivity index (χ0) is 22.6. The molecule has 0 aliphatic carbocycles. The molecule has 0 saturated carbocycles. The zero-order valence-electron chi connectivity index (χ0n) is 21.3. The number of rotatable bonds is 4. The topological polar surface area (TPSA) is 34.1 Å². The molecule has 2 unspecified atom stereocenters. The Balaban J connectivity index is 0. The summed E-state index contributed by atoms with van der Waals surface area (Å²) in [6, 6.07) is 0. The summed E-state index contributed by atoms with van der Waals surface area (Å²) in [5.41, 5.74) is 0.355. The maximum absolute atomic E-state index is 11.8. The Morgan fingerprint density at radius 2 is 1.04 bits per heavy atom. The van der Waals surface area contributed by atoms with Gasteiger partial charge < -0.3 is 0 Å². The number of Topliss-reactive ketones (excluding diaryl/α,β-unsaturated/α-hetero) is 2. The summed E-state index contributed by atoms with van der Waals surface area (Å²) in [6.45, 7) is 31.6. The third-order valence-electron chi connectivity index (χ3n) is 5.67. The Labute approximate surface area is 171 Å². The molecular formula is C25H50O2. The van der Waals surface area contributed by atoms with Crippen LogP contribution in [0.3, 0.4) is 0 Å². The van der Waals surface area contributed by atoms with Gasteiger partial charge in [-0.3, -0.25) is 9.59 Å². The minimum absolute atomic E-state index is 0.0338. The van der Waals surface area contributed by atoms with Crippen molar-refractivity contribution in [3.63, 3.8) is 0 Å². The molecule has 0 radical (unpaired) electrons. The average molecular weight is 383 g/mol. The molecule has 2 nitrogen and oxygen atoms in total. The fraction of sp³-hybridized carbons (Fsp3) is 0.920. The standard InChI is InChI=1S/C13H26O.C12H24O/c1-10(14)13(8,12(5,6)7)9-11(2,3)4;1-9(13)10(12(5,6)7)8-11(2,3)4/h9H2,1-8H3;10H,8H2,1-7H3. The van der Waals surface area contributed by atoms with Gasteiger partial charge >= 0.3 is 0 Å². The van der Waals surface area contributed by atoms with Crippen molar-refractivity contribution < 1.29 is 9.59 Å². The summed E-state index contributed by atoms with van der Waals surface area (Å²) in [6.07, 6.45) is 1.92. The molecule has 0 amide bonds. The maximum atomic E-state index is 11.8. The summed E-state index contributed by atoms with van der Waals surface area (Å²) in [5.74, 6) is 0.815. The largest absolute Gasteiger partial charge is 0.300 e. The van der Waals surface area contributed by atoms with E-state index in [-0.39, 0.29) is 33.0 Å². The summed E-state index contributed by atoms with van der Waals surface area (Å²) in [7, 11) is 0. The average Bonchev–Trinajstić information content (AvgIpc) is 2.30. The van der Waals surface area contributed by atoms with Crippen molar-refractivity contribution in [3.8, 4) is 0 Å². The zero-order valence-corrected chi connectivity index (χ0v) is 21.3. The predicted octanol–water partition coefficient (Wildman–Crippen LogP) is 7.74. The van der Waals surface area contributed by atoms with E-state index < -0.39 is 0 Å². The van der Waals surface area contributed by atoms with E-state index in [2.05, 4.69) is 90.0 Å². The molecule has 0 N–H and O–H groups in total. The molecule has 27 heavy (non-hydrogen) atoms. The molecule has 0 saturated heterocycles. The van der Waals surface area contributed by atoms with Crippen molar-refractivity contribution in [2.24, 2.45) is 33.0 Å². The van der Waals surface area contributed by atoms with Gasteiger partial charge in [0.1, 0.15) is 11.6 Å². The molecule has 0 spiro atoms. The number of hydrogen-bond donors (Lipinski definition) is 0. The first kappa shape index (κ1) is 28.5. The lowest BCUT2D eigenvalue weighted by Gasteiger charge is -2.43. The Hall–Kier alpha value is -0.660. The number of carbonyl (C=O) groups is 2. The smallest absolute Gasteiger partial charge is 0.136 e. The molecule has 0 heterocycles. The van der Waals surface area contributed by atoms with Crippen LogP contribution < -0.4 is 0 Å². The van der Waals surface area contributed by atoms with Crippen LogP contribution in [0.15, 0.2) is 0 Å². The van der Waals surface area contributed by atoms with E-state index in [9.17, 15) is 9.59 Å². The van der Waals surface area contributed by atoms with Gasteiger partial charge in [-0.25, -0.2) is 0 Å². The van der Waals surface area contributed by atoms with Gasteiger partial charge in [0.2, 0.25) is 0 Å². The molecule has 0 rings (SSSR count). The predicted molar refractivity (Wildman–Crippen MR) is 120 cm³/mol. The van der Waals surface area contributed by atoms with Gasteiger partial charge in [0.15, 0.2) is 0 Å². The lowest BCUT2D eigenvalue weighted by molar-refractivity contribution is -0.134. The van der Waals surface area contributed by atoms with Crippen LogP contribution in [0.2, 0.25) is 0 Å². The summed E-state index contributed by atoms with van der Waals surface area (Å²) in [5, 5.41) is 0. The fourth-order valence-electron chi connectivity index (χ4n) is 3.65. The lowest BCUT2D eigenvalue weighted by Crippen LogP contribution is -2.42. The highest BCUT2D eigenvalue weighted by Crippen LogP contribution is 2.47. The first-order valence-corrected chi connectivity index (χ1v) is 10.5. The first-order chi connectivity index (χ1) is 11.4. The van der Waals surface area contributed by atoms with Crippen LogP contribution >= 0.6 is 0 Å². The van der Waals surface area contributed by atoms with Crippen molar-refractivity contribution in [3.05, 3.63) is 0 Å². The second-order valence-corrected chi connectivity index (χ2v) is 13.2. The Morgan fingerprint density at radius 3 is 1.11 bits per heavy atom. The molecule has 0 aromatic heterocycles. The monoisotopic (exact) mass is 382 g/mol. The highest BCUT2D eigenvalue weighted by molar-refractivity contribution is 5.82. The van der Waals surface area contributed by atoms with E-state index in [4.69, 9.17) is 0 Å². The van der Waals surface area contributed by atoms with Crippen LogP contribution in [0.1, 0.15) is 117 Å². The molecule has 0 aliphatic rings. The Kier molecular flexibility index (Phi) is 9.75. The minimum Gasteiger partial charge on any atom is -0.300 e. The third-order valence-corrected chi connectivity index (χ3v) is 5.67. The fourth-order valence-corrected chi connectivity index (χ4v) is 3.65. The second kappa shape index (κ2) is 9.23. The Morgan fingerprint density at radius 1 is 0.667 bits per heavy atom. The van der Waals surface area contributed by atoms with Gasteiger partial charge in [-0.2, -0.15) is 0 Å². The van der Waals surface area contributed by atoms with Crippen molar-refractivity contribution in [1.29, 1.82) is 0 Å². The van der Waals surface area contributed by atoms with Gasteiger partial charge in [0, 0.05) is 11.3 Å². The molecule has 162 valence electrons. The van der Waals surface area contributed by atoms with Gasteiger partial charge in [0.25, 0.3) is 0 Å². The maximum Gasteiger partial charge on any atom is 0.136 e. The number of ketones is 2. The van der Waals surface area contributed by atoms with E-state index in [1.807, 2.05) is 0 Å². The molecule has 2 heteroatoms. The molecule has 0 aromatic carbocycles. The van der Waals surface area contributed by atoms with Crippen LogP contribution in [0, 0.1) is 33.0 Å². The highest BCUT2D eigenvalue weighted by Gasteiger charge is 2.43. The van der Waals surface area contributed by atoms with Gasteiger partial charge in [-0.05, 0) is 48.3 Å². The molecule has 0 fully saturated rings. The van der Waals surface area contributed by atoms with E-state index in [1.165, 1.54) is 0 Å². The quantitative estimate of drug-likeness (QED) is 0.498. The number of hydrogen-bond acceptors (Lipinski definition) is 2. The van der Waals surface area contributed by atoms with Crippen molar-refractivity contribution in [2.45, 2.75) is 117 Å². The van der Waals surface area contributed by atoms with Crippen LogP contribution in [0.25, 0.3) is 0 Å². The summed E-state index contributed by atoms with van der Waals surface area (Å²) >= 11 is 0. The minimum atomic E-state index is -0.217. The van der Waals surface area contributed by atoms with E-state index in [0.29, 0.717) is 11.6 Å². The third kappa shape index (κ3) is 11.1. The SMILES string of the molecule is CC(=O)C(C)(CC(C)(C)C)C(C)(C)C.CC(=O)C(CC(C)(C)C)C(C)(C)C. The van der Waals surface area contributed by atoms with Crippen LogP contribution in [0.4, 0.5) is 0 Å². The summed E-state index contributed by atoms with van der Waals surface area (Å²) in [4.78, 5) is 23.3. The normalized spacial score (nSPS) is 16.7. The van der Waals surface area contributed by atoms with Crippen molar-refractivity contribution in [2.75, 3.05) is 0 Å². The molecule has 0 aromatic rings. The van der Waals surface area contributed by atoms with Crippen LogP contribution in [-0.4, -0.2) is 11.6 Å². The Bertz CT molecular complexity index is 486. The van der Waals surface area contributed by atoms with Crippen LogP contribution in [0.5, 0.6) is 0 Å². The lowest BCUT2D eigenvalue weighted by atomic mass is 9.59. The first-order valence-electron chi connectivity index (χ1n) is 10.5. The summed E-state index contributed by atoms with van der Waals surface area (Å²) < 4.78 is 0. The van der Waals surface area contributed by atoms with Gasteiger partial charge in [0.05, 0.1) is 0 Å². The highest BCUT2D eigenvalue weighted by atomic mass is 16.1. The van der Waals surface area contributed by atoms with E-state index in [1.54, 1.807) is 13.8 Å². The van der Waals surface area contributed by atoms with Crippen molar-refractivity contribution in [1.82, 2.24) is 0 Å². The molecule has 2 atom stereocenters. The second-order valence-electron chi connectivity index (χ2n) is 13.2. The molecular weight excluding hydrogens is 332 g/mol. The van der Waals surface area contributed by atoms with E-state index in [0.717, 1.165) is 12.8 Å². The van der Waals surface area contributed by atoms with Gasteiger partial charge in [-0.15, -0.1) is 0 Å². The van der Waals surface area contributed by atoms with Gasteiger partial charge in [-0.1, -0.05) is 90.0 Å². The molecule has 0 bridgehead atoms.